The van der Waals surface area contributed by atoms with Gasteiger partial charge in [-0.15, -0.1) is 0 Å². The SMILES string of the molecule is CC/C=C\C/C=C\C/C=C\C(CCCCCCCCC(=O)O)OC(=O)CCCCCCC/C=C\CCCCCCCC. The van der Waals surface area contributed by atoms with Crippen molar-refractivity contribution in [3.8, 4) is 0 Å². The van der Waals surface area contributed by atoms with E-state index in [0.29, 0.717) is 6.42 Å². The van der Waals surface area contributed by atoms with Gasteiger partial charge in [-0.3, -0.25) is 9.59 Å². The molecule has 0 bridgehead atoms. The lowest BCUT2D eigenvalue weighted by molar-refractivity contribution is -0.147. The quantitative estimate of drug-likeness (QED) is 0.0498. The highest BCUT2D eigenvalue weighted by Gasteiger charge is 2.11. The molecular formula is C38H66O4. The van der Waals surface area contributed by atoms with Gasteiger partial charge >= 0.3 is 11.9 Å². The Balaban J connectivity index is 4.13. The van der Waals surface area contributed by atoms with E-state index in [-0.39, 0.29) is 18.5 Å². The lowest BCUT2D eigenvalue weighted by atomic mass is 10.1. The Morgan fingerprint density at radius 2 is 1.07 bits per heavy atom. The molecule has 0 aliphatic rings. The van der Waals surface area contributed by atoms with Crippen molar-refractivity contribution >= 4 is 11.9 Å². The molecule has 1 atom stereocenters. The predicted octanol–water partition coefficient (Wildman–Crippen LogP) is 12.0. The summed E-state index contributed by atoms with van der Waals surface area (Å²) in [5, 5.41) is 8.75. The Bertz CT molecular complexity index is 719. The van der Waals surface area contributed by atoms with Gasteiger partial charge in [0.1, 0.15) is 6.10 Å². The number of rotatable bonds is 31. The molecule has 0 aliphatic heterocycles. The molecule has 4 heteroatoms. The first kappa shape index (κ1) is 39.9. The number of carbonyl (C=O) groups excluding carboxylic acids is 1. The topological polar surface area (TPSA) is 63.6 Å². The molecule has 0 spiro atoms. The van der Waals surface area contributed by atoms with Gasteiger partial charge in [-0.2, -0.15) is 0 Å². The van der Waals surface area contributed by atoms with Crippen LogP contribution in [0.2, 0.25) is 0 Å². The molecule has 0 aliphatic carbocycles. The molecule has 0 aromatic heterocycles. The molecule has 42 heavy (non-hydrogen) atoms. The summed E-state index contributed by atoms with van der Waals surface area (Å²) < 4.78 is 5.87. The number of carbonyl (C=O) groups is 2. The van der Waals surface area contributed by atoms with Gasteiger partial charge in [0.25, 0.3) is 0 Å². The highest BCUT2D eigenvalue weighted by molar-refractivity contribution is 5.69. The van der Waals surface area contributed by atoms with Crippen molar-refractivity contribution in [2.24, 2.45) is 0 Å². The van der Waals surface area contributed by atoms with E-state index in [0.717, 1.165) is 77.0 Å². The summed E-state index contributed by atoms with van der Waals surface area (Å²) in [5.41, 5.74) is 0. The summed E-state index contributed by atoms with van der Waals surface area (Å²) in [5.74, 6) is -0.781. The Labute approximate surface area is 260 Å². The number of hydrogen-bond acceptors (Lipinski definition) is 3. The minimum atomic E-state index is -0.708. The number of esters is 1. The molecule has 0 aromatic rings. The first-order valence-corrected chi connectivity index (χ1v) is 17.6. The largest absolute Gasteiger partial charge is 0.481 e. The molecule has 0 radical (unpaired) electrons. The van der Waals surface area contributed by atoms with Gasteiger partial charge in [-0.05, 0) is 76.7 Å². The predicted molar refractivity (Wildman–Crippen MR) is 181 cm³/mol. The molecule has 0 fully saturated rings. The van der Waals surface area contributed by atoms with Crippen molar-refractivity contribution in [2.45, 2.75) is 180 Å². The molecular weight excluding hydrogens is 520 g/mol. The van der Waals surface area contributed by atoms with Gasteiger partial charge in [0.15, 0.2) is 0 Å². The second-order valence-corrected chi connectivity index (χ2v) is 11.7. The second kappa shape index (κ2) is 33.4. The minimum absolute atomic E-state index is 0.0730. The second-order valence-electron chi connectivity index (χ2n) is 11.7. The fourth-order valence-corrected chi connectivity index (χ4v) is 4.93. The van der Waals surface area contributed by atoms with Crippen LogP contribution in [0.15, 0.2) is 48.6 Å². The molecule has 0 aromatic carbocycles. The normalized spacial score (nSPS) is 12.8. The molecule has 4 nitrogen and oxygen atoms in total. The van der Waals surface area contributed by atoms with Crippen LogP contribution < -0.4 is 0 Å². The number of carboxylic acid groups (broad SMARTS) is 1. The maximum Gasteiger partial charge on any atom is 0.306 e. The van der Waals surface area contributed by atoms with E-state index < -0.39 is 5.97 Å². The van der Waals surface area contributed by atoms with Crippen LogP contribution in [0, 0.1) is 0 Å². The molecule has 242 valence electrons. The third kappa shape index (κ3) is 32.4. The maximum absolute atomic E-state index is 12.6. The summed E-state index contributed by atoms with van der Waals surface area (Å²) in [7, 11) is 0. The van der Waals surface area contributed by atoms with Gasteiger partial charge in [0.2, 0.25) is 0 Å². The van der Waals surface area contributed by atoms with Crippen molar-refractivity contribution in [1.82, 2.24) is 0 Å². The smallest absolute Gasteiger partial charge is 0.306 e. The van der Waals surface area contributed by atoms with Crippen LogP contribution in [-0.4, -0.2) is 23.1 Å². The highest BCUT2D eigenvalue weighted by Crippen LogP contribution is 2.15. The molecule has 1 unspecified atom stereocenters. The maximum atomic E-state index is 12.6. The van der Waals surface area contributed by atoms with Crippen LogP contribution in [0.4, 0.5) is 0 Å². The van der Waals surface area contributed by atoms with Crippen molar-refractivity contribution in [1.29, 1.82) is 0 Å². The Hall–Kier alpha value is -2.10. The number of allylic oxidation sites excluding steroid dienone is 7. The summed E-state index contributed by atoms with van der Waals surface area (Å²) in [4.78, 5) is 23.2. The first-order valence-electron chi connectivity index (χ1n) is 17.6. The van der Waals surface area contributed by atoms with Gasteiger partial charge in [-0.25, -0.2) is 0 Å². The monoisotopic (exact) mass is 586 g/mol. The van der Waals surface area contributed by atoms with Crippen LogP contribution in [0.25, 0.3) is 0 Å². The number of ether oxygens (including phenoxy) is 1. The number of aliphatic carboxylic acids is 1. The van der Waals surface area contributed by atoms with Crippen molar-refractivity contribution in [3.63, 3.8) is 0 Å². The number of hydrogen-bond donors (Lipinski definition) is 1. The zero-order chi connectivity index (χ0) is 30.8. The fraction of sp³-hybridized carbons (Fsp3) is 0.737. The van der Waals surface area contributed by atoms with E-state index in [1.807, 2.05) is 0 Å². The average molecular weight is 587 g/mol. The van der Waals surface area contributed by atoms with Crippen molar-refractivity contribution < 1.29 is 19.4 Å². The van der Waals surface area contributed by atoms with Gasteiger partial charge in [-0.1, -0.05) is 133 Å². The van der Waals surface area contributed by atoms with E-state index in [4.69, 9.17) is 9.84 Å². The lowest BCUT2D eigenvalue weighted by Crippen LogP contribution is -2.16. The Morgan fingerprint density at radius 1 is 0.571 bits per heavy atom. The molecule has 0 amide bonds. The Kier molecular flexibility index (Phi) is 31.7. The number of carboxylic acids is 1. The zero-order valence-corrected chi connectivity index (χ0v) is 27.5. The van der Waals surface area contributed by atoms with E-state index in [2.05, 4.69) is 62.5 Å². The third-order valence-electron chi connectivity index (χ3n) is 7.52. The van der Waals surface area contributed by atoms with Crippen LogP contribution >= 0.6 is 0 Å². The van der Waals surface area contributed by atoms with E-state index >= 15 is 0 Å². The van der Waals surface area contributed by atoms with Gasteiger partial charge < -0.3 is 9.84 Å². The minimum Gasteiger partial charge on any atom is -0.481 e. The van der Waals surface area contributed by atoms with Crippen LogP contribution in [0.3, 0.4) is 0 Å². The van der Waals surface area contributed by atoms with E-state index in [1.54, 1.807) is 0 Å². The standard InChI is InChI=1S/C38H66O4/c1-3-5-7-9-11-13-14-15-16-17-18-19-21-27-31-35-38(41)42-36(32-28-24-20-12-10-8-6-4-2)33-29-25-22-23-26-30-34-37(39)40/h6,8,12,15-16,20,28,32,36H,3-5,7,9-11,13-14,17-19,21-27,29-31,33-35H2,1-2H3,(H,39,40)/b8-6-,16-15-,20-12-,32-28-. The molecule has 0 saturated heterocycles. The van der Waals surface area contributed by atoms with Crippen molar-refractivity contribution in [3.05, 3.63) is 48.6 Å². The Morgan fingerprint density at radius 3 is 1.67 bits per heavy atom. The first-order chi connectivity index (χ1) is 20.6. The average Bonchev–Trinajstić information content (AvgIpc) is 2.97. The molecule has 0 rings (SSSR count). The van der Waals surface area contributed by atoms with Crippen molar-refractivity contribution in [2.75, 3.05) is 0 Å². The fourth-order valence-electron chi connectivity index (χ4n) is 4.93. The molecule has 0 saturated carbocycles. The van der Waals surface area contributed by atoms with Gasteiger partial charge in [0, 0.05) is 12.8 Å². The lowest BCUT2D eigenvalue weighted by Gasteiger charge is -2.14. The van der Waals surface area contributed by atoms with Crippen LogP contribution in [-0.2, 0) is 14.3 Å². The summed E-state index contributed by atoms with van der Waals surface area (Å²) in [6, 6.07) is 0. The van der Waals surface area contributed by atoms with Crippen LogP contribution in [0.5, 0.6) is 0 Å². The summed E-state index contributed by atoms with van der Waals surface area (Å²) in [6.07, 6.45) is 44.2. The highest BCUT2D eigenvalue weighted by atomic mass is 16.5. The molecule has 0 heterocycles. The van der Waals surface area contributed by atoms with Gasteiger partial charge in [0.05, 0.1) is 0 Å². The van der Waals surface area contributed by atoms with E-state index in [9.17, 15) is 9.59 Å². The molecule has 1 N–H and O–H groups in total. The third-order valence-corrected chi connectivity index (χ3v) is 7.52. The summed E-state index contributed by atoms with van der Waals surface area (Å²) >= 11 is 0. The van der Waals surface area contributed by atoms with Crippen LogP contribution in [0.1, 0.15) is 174 Å². The summed E-state index contributed by atoms with van der Waals surface area (Å²) in [6.45, 7) is 4.41. The zero-order valence-electron chi connectivity index (χ0n) is 27.5. The van der Waals surface area contributed by atoms with E-state index in [1.165, 1.54) is 70.6 Å². The number of unbranched alkanes of at least 4 members (excludes halogenated alkanes) is 16.